The van der Waals surface area contributed by atoms with E-state index in [9.17, 15) is 0 Å². The Morgan fingerprint density at radius 3 is 2.27 bits per heavy atom. The highest BCUT2D eigenvalue weighted by atomic mass is 16.5. The third kappa shape index (κ3) is 3.10. The molecule has 1 aromatic heterocycles. The molecule has 134 valence electrons. The van der Waals surface area contributed by atoms with E-state index in [2.05, 4.69) is 39.3 Å². The summed E-state index contributed by atoms with van der Waals surface area (Å²) in [6.07, 6.45) is 1.95. The van der Waals surface area contributed by atoms with Crippen LogP contribution in [-0.4, -0.2) is 37.4 Å². The lowest BCUT2D eigenvalue weighted by Gasteiger charge is -2.16. The largest absolute Gasteiger partial charge is 0.493 e. The molecular formula is C20H21N3O3. The first-order chi connectivity index (χ1) is 12.8. The first-order valence-electron chi connectivity index (χ1n) is 8.66. The smallest absolute Gasteiger partial charge is 0.324 e. The van der Waals surface area contributed by atoms with E-state index in [0.29, 0.717) is 23.3 Å². The number of anilines is 1. The van der Waals surface area contributed by atoms with E-state index in [4.69, 9.17) is 14.0 Å². The zero-order valence-corrected chi connectivity index (χ0v) is 14.9. The van der Waals surface area contributed by atoms with Crippen LogP contribution in [0, 0.1) is 0 Å². The lowest BCUT2D eigenvalue weighted by atomic mass is 10.0. The molecule has 0 saturated heterocycles. The molecule has 0 N–H and O–H groups in total. The maximum atomic E-state index is 5.54. The number of fused-ring (bicyclic) bond motifs is 1. The maximum Gasteiger partial charge on any atom is 0.324 e. The van der Waals surface area contributed by atoms with Crippen molar-refractivity contribution in [3.8, 4) is 22.9 Å². The van der Waals surface area contributed by atoms with Crippen LogP contribution in [-0.2, 0) is 12.8 Å². The van der Waals surface area contributed by atoms with Crippen LogP contribution in [0.25, 0.3) is 11.4 Å². The first-order valence-corrected chi connectivity index (χ1v) is 8.66. The fraction of sp³-hybridized carbons (Fsp3) is 0.300. The van der Waals surface area contributed by atoms with Crippen LogP contribution in [0.5, 0.6) is 11.5 Å². The highest BCUT2D eigenvalue weighted by Gasteiger charge is 2.20. The van der Waals surface area contributed by atoms with E-state index in [1.54, 1.807) is 14.2 Å². The predicted molar refractivity (Wildman–Crippen MR) is 98.9 cm³/mol. The summed E-state index contributed by atoms with van der Waals surface area (Å²) >= 11 is 0. The van der Waals surface area contributed by atoms with E-state index in [0.717, 1.165) is 31.5 Å². The Morgan fingerprint density at radius 1 is 0.923 bits per heavy atom. The molecule has 0 radical (unpaired) electrons. The molecule has 6 heteroatoms. The Labute approximate surface area is 152 Å². The molecule has 0 aliphatic carbocycles. The Hall–Kier alpha value is -3.02. The predicted octanol–water partition coefficient (Wildman–Crippen LogP) is 3.36. The van der Waals surface area contributed by atoms with Crippen LogP contribution in [0.2, 0.25) is 0 Å². The monoisotopic (exact) mass is 351 g/mol. The molecule has 0 unspecified atom stereocenters. The summed E-state index contributed by atoms with van der Waals surface area (Å²) < 4.78 is 16.2. The number of aromatic nitrogens is 2. The van der Waals surface area contributed by atoms with Gasteiger partial charge >= 0.3 is 6.01 Å². The van der Waals surface area contributed by atoms with Crippen LogP contribution in [0.1, 0.15) is 11.1 Å². The van der Waals surface area contributed by atoms with Crippen LogP contribution in [0.4, 0.5) is 6.01 Å². The maximum absolute atomic E-state index is 5.54. The molecule has 2 aromatic carbocycles. The van der Waals surface area contributed by atoms with Crippen molar-refractivity contribution in [2.45, 2.75) is 12.8 Å². The molecule has 26 heavy (non-hydrogen) atoms. The van der Waals surface area contributed by atoms with Crippen molar-refractivity contribution in [1.29, 1.82) is 0 Å². The minimum Gasteiger partial charge on any atom is -0.493 e. The van der Waals surface area contributed by atoms with Crippen LogP contribution in [0.15, 0.2) is 47.0 Å². The Kier molecular flexibility index (Phi) is 4.48. The summed E-state index contributed by atoms with van der Waals surface area (Å²) in [7, 11) is 3.22. The van der Waals surface area contributed by atoms with Gasteiger partial charge in [-0.1, -0.05) is 29.4 Å². The van der Waals surface area contributed by atoms with E-state index in [-0.39, 0.29) is 0 Å². The van der Waals surface area contributed by atoms with Gasteiger partial charge in [-0.15, -0.1) is 0 Å². The second-order valence-corrected chi connectivity index (χ2v) is 6.23. The summed E-state index contributed by atoms with van der Waals surface area (Å²) in [5.74, 6) is 1.86. The standard InChI is InChI=1S/C20H21N3O3/c1-24-17-8-7-16(13-18(17)25-2)19-21-20(26-22-19)23-11-9-14-5-3-4-6-15(14)10-12-23/h3-8,13H,9-12H2,1-2H3. The molecule has 0 saturated carbocycles. The topological polar surface area (TPSA) is 60.6 Å². The molecule has 1 aliphatic rings. The molecule has 3 aromatic rings. The minimum absolute atomic E-state index is 0.544. The summed E-state index contributed by atoms with van der Waals surface area (Å²) in [5.41, 5.74) is 3.63. The number of benzene rings is 2. The van der Waals surface area contributed by atoms with E-state index in [1.807, 2.05) is 18.2 Å². The third-order valence-corrected chi connectivity index (χ3v) is 4.75. The van der Waals surface area contributed by atoms with Gasteiger partial charge in [0, 0.05) is 18.7 Å². The van der Waals surface area contributed by atoms with Crippen molar-refractivity contribution in [3.63, 3.8) is 0 Å². The highest BCUT2D eigenvalue weighted by Crippen LogP contribution is 2.32. The lowest BCUT2D eigenvalue weighted by molar-refractivity contribution is 0.355. The molecule has 0 fully saturated rings. The number of hydrogen-bond acceptors (Lipinski definition) is 6. The van der Waals surface area contributed by atoms with Crippen molar-refractivity contribution < 1.29 is 14.0 Å². The van der Waals surface area contributed by atoms with Gasteiger partial charge in [-0.05, 0) is 42.2 Å². The van der Waals surface area contributed by atoms with Gasteiger partial charge in [-0.2, -0.15) is 4.98 Å². The number of rotatable bonds is 4. The van der Waals surface area contributed by atoms with Crippen LogP contribution < -0.4 is 14.4 Å². The van der Waals surface area contributed by atoms with Gasteiger partial charge in [0.05, 0.1) is 14.2 Å². The minimum atomic E-state index is 0.544. The van der Waals surface area contributed by atoms with Gasteiger partial charge in [0.2, 0.25) is 5.82 Å². The highest BCUT2D eigenvalue weighted by molar-refractivity contribution is 5.61. The van der Waals surface area contributed by atoms with Gasteiger partial charge in [-0.25, -0.2) is 0 Å². The Balaban J connectivity index is 1.55. The van der Waals surface area contributed by atoms with E-state index < -0.39 is 0 Å². The fourth-order valence-electron chi connectivity index (χ4n) is 3.30. The van der Waals surface area contributed by atoms with Crippen molar-refractivity contribution in [2.75, 3.05) is 32.2 Å². The van der Waals surface area contributed by atoms with E-state index >= 15 is 0 Å². The molecule has 4 rings (SSSR count). The Bertz CT molecular complexity index is 880. The van der Waals surface area contributed by atoms with Crippen molar-refractivity contribution in [2.24, 2.45) is 0 Å². The van der Waals surface area contributed by atoms with Crippen molar-refractivity contribution >= 4 is 6.01 Å². The summed E-state index contributed by atoms with van der Waals surface area (Å²) in [5, 5.41) is 4.15. The van der Waals surface area contributed by atoms with Crippen molar-refractivity contribution in [3.05, 3.63) is 53.6 Å². The van der Waals surface area contributed by atoms with E-state index in [1.165, 1.54) is 11.1 Å². The normalized spacial score (nSPS) is 13.8. The average Bonchev–Trinajstić information content (AvgIpc) is 3.08. The van der Waals surface area contributed by atoms with Crippen LogP contribution in [0.3, 0.4) is 0 Å². The van der Waals surface area contributed by atoms with Gasteiger partial charge in [0.15, 0.2) is 11.5 Å². The SMILES string of the molecule is COc1ccc(-c2noc(N3CCc4ccccc4CC3)n2)cc1OC. The lowest BCUT2D eigenvalue weighted by Crippen LogP contribution is -2.26. The number of nitrogens with zero attached hydrogens (tertiary/aromatic N) is 3. The zero-order chi connectivity index (χ0) is 17.9. The molecule has 2 heterocycles. The summed E-state index contributed by atoms with van der Waals surface area (Å²) in [6, 6.07) is 14.7. The molecule has 0 amide bonds. The van der Waals surface area contributed by atoms with Gasteiger partial charge < -0.3 is 18.9 Å². The second kappa shape index (κ2) is 7.07. The molecule has 6 nitrogen and oxygen atoms in total. The molecule has 0 bridgehead atoms. The molecule has 1 aliphatic heterocycles. The number of hydrogen-bond donors (Lipinski definition) is 0. The van der Waals surface area contributed by atoms with Gasteiger partial charge in [0.25, 0.3) is 0 Å². The number of ether oxygens (including phenoxy) is 2. The number of methoxy groups -OCH3 is 2. The third-order valence-electron chi connectivity index (χ3n) is 4.75. The average molecular weight is 351 g/mol. The molecule has 0 spiro atoms. The quantitative estimate of drug-likeness (QED) is 0.718. The second-order valence-electron chi connectivity index (χ2n) is 6.23. The fourth-order valence-corrected chi connectivity index (χ4v) is 3.30. The zero-order valence-electron chi connectivity index (χ0n) is 14.9. The summed E-state index contributed by atoms with van der Waals surface area (Å²) in [4.78, 5) is 6.74. The van der Waals surface area contributed by atoms with Crippen molar-refractivity contribution in [1.82, 2.24) is 10.1 Å². The molecular weight excluding hydrogens is 330 g/mol. The van der Waals surface area contributed by atoms with Gasteiger partial charge in [0.1, 0.15) is 0 Å². The molecule has 0 atom stereocenters. The van der Waals surface area contributed by atoms with Crippen LogP contribution >= 0.6 is 0 Å². The first kappa shape index (κ1) is 16.4. The van der Waals surface area contributed by atoms with Gasteiger partial charge in [-0.3, -0.25) is 0 Å². The summed E-state index contributed by atoms with van der Waals surface area (Å²) in [6.45, 7) is 1.73. The Morgan fingerprint density at radius 2 is 1.62 bits per heavy atom.